The summed E-state index contributed by atoms with van der Waals surface area (Å²) >= 11 is 0. The maximum Gasteiger partial charge on any atom is 0.0859 e. The van der Waals surface area contributed by atoms with Crippen molar-refractivity contribution in [3.05, 3.63) is 29.0 Å². The molecule has 0 spiro atoms. The first-order valence-electron chi connectivity index (χ1n) is 7.53. The topological polar surface area (TPSA) is 41.1 Å². The molecule has 1 aliphatic heterocycles. The third kappa shape index (κ3) is 4.60. The van der Waals surface area contributed by atoms with Crippen LogP contribution in [0.2, 0.25) is 0 Å². The Balaban J connectivity index is 0.000000956. The molecule has 112 valence electrons. The van der Waals surface area contributed by atoms with E-state index in [4.69, 9.17) is 0 Å². The van der Waals surface area contributed by atoms with E-state index in [2.05, 4.69) is 40.1 Å². The maximum absolute atomic E-state index is 4.45. The van der Waals surface area contributed by atoms with Crippen molar-refractivity contribution < 1.29 is 0 Å². The number of rotatable bonds is 2. The zero-order valence-electron chi connectivity index (χ0n) is 13.7. The summed E-state index contributed by atoms with van der Waals surface area (Å²) in [6.07, 6.45) is 3.96. The second-order valence-corrected chi connectivity index (χ2v) is 5.07. The fraction of sp³-hybridized carbons (Fsp3) is 0.625. The first-order chi connectivity index (χ1) is 9.56. The van der Waals surface area contributed by atoms with Gasteiger partial charge in [0.25, 0.3) is 0 Å². The van der Waals surface area contributed by atoms with Crippen LogP contribution < -0.4 is 5.32 Å². The lowest BCUT2D eigenvalue weighted by Crippen LogP contribution is -2.48. The number of nitrogens with zero attached hydrogens (tertiary/aromatic N) is 3. The molecule has 0 bridgehead atoms. The van der Waals surface area contributed by atoms with Gasteiger partial charge in [-0.1, -0.05) is 13.8 Å². The minimum absolute atomic E-state index is 0.548. The van der Waals surface area contributed by atoms with Crippen LogP contribution in [0.15, 0.2) is 11.9 Å². The van der Waals surface area contributed by atoms with Gasteiger partial charge in [0.2, 0.25) is 0 Å². The van der Waals surface area contributed by atoms with Crippen molar-refractivity contribution in [1.82, 2.24) is 20.2 Å². The number of allylic oxidation sites excluding steroid dienone is 1. The molecule has 0 amide bonds. The number of hydrogen-bond acceptors (Lipinski definition) is 4. The van der Waals surface area contributed by atoms with Gasteiger partial charge in [-0.25, -0.2) is 0 Å². The molecule has 20 heavy (non-hydrogen) atoms. The Morgan fingerprint density at radius 2 is 2.10 bits per heavy atom. The van der Waals surface area contributed by atoms with Crippen LogP contribution in [-0.4, -0.2) is 40.5 Å². The SMILES string of the molecule is C/C(=C\c1ncc(C)nc1C)N1CCNC(C)C1.CC. The Kier molecular flexibility index (Phi) is 6.65. The van der Waals surface area contributed by atoms with Gasteiger partial charge in [-0.2, -0.15) is 0 Å². The van der Waals surface area contributed by atoms with Crippen LogP contribution in [0.3, 0.4) is 0 Å². The van der Waals surface area contributed by atoms with Gasteiger partial charge in [-0.15, -0.1) is 0 Å². The van der Waals surface area contributed by atoms with Gasteiger partial charge >= 0.3 is 0 Å². The first kappa shape index (κ1) is 16.6. The third-order valence-corrected chi connectivity index (χ3v) is 3.32. The fourth-order valence-corrected chi connectivity index (χ4v) is 2.29. The maximum atomic E-state index is 4.45. The molecule has 1 aromatic rings. The Morgan fingerprint density at radius 1 is 1.40 bits per heavy atom. The summed E-state index contributed by atoms with van der Waals surface area (Å²) in [6.45, 7) is 15.5. The molecule has 1 N–H and O–H groups in total. The number of hydrogen-bond donors (Lipinski definition) is 1. The zero-order chi connectivity index (χ0) is 15.1. The van der Waals surface area contributed by atoms with Gasteiger partial charge in [0.05, 0.1) is 17.1 Å². The monoisotopic (exact) mass is 276 g/mol. The average Bonchev–Trinajstić information content (AvgIpc) is 2.44. The molecule has 1 unspecified atom stereocenters. The van der Waals surface area contributed by atoms with Crippen molar-refractivity contribution in [1.29, 1.82) is 0 Å². The lowest BCUT2D eigenvalue weighted by atomic mass is 10.2. The Hall–Kier alpha value is -1.42. The molecule has 2 heterocycles. The molecule has 1 aliphatic rings. The van der Waals surface area contributed by atoms with E-state index in [-0.39, 0.29) is 0 Å². The molecule has 0 aromatic carbocycles. The van der Waals surface area contributed by atoms with Crippen LogP contribution in [0.5, 0.6) is 0 Å². The molecular formula is C16H28N4. The quantitative estimate of drug-likeness (QED) is 0.902. The molecule has 0 aliphatic carbocycles. The standard InChI is InChI=1S/C14H22N4.C2H6/c1-10-8-16-14(13(4)17-10)7-12(3)18-6-5-15-11(2)9-18;1-2/h7-8,11,15H,5-6,9H2,1-4H3;1-2H3/b12-7+;. The van der Waals surface area contributed by atoms with Gasteiger partial charge in [0.15, 0.2) is 0 Å². The predicted octanol–water partition coefficient (Wildman–Crippen LogP) is 2.77. The Bertz CT molecular complexity index is 454. The van der Waals surface area contributed by atoms with E-state index < -0.39 is 0 Å². The van der Waals surface area contributed by atoms with Crippen molar-refractivity contribution in [3.63, 3.8) is 0 Å². The average molecular weight is 276 g/mol. The first-order valence-corrected chi connectivity index (χ1v) is 7.53. The van der Waals surface area contributed by atoms with E-state index in [1.54, 1.807) is 0 Å². The summed E-state index contributed by atoms with van der Waals surface area (Å²) < 4.78 is 0. The smallest absolute Gasteiger partial charge is 0.0859 e. The predicted molar refractivity (Wildman–Crippen MR) is 85.5 cm³/mol. The highest BCUT2D eigenvalue weighted by Crippen LogP contribution is 2.13. The highest BCUT2D eigenvalue weighted by molar-refractivity contribution is 5.50. The van der Waals surface area contributed by atoms with Gasteiger partial charge in [0.1, 0.15) is 0 Å². The van der Waals surface area contributed by atoms with Crippen LogP contribution in [0.25, 0.3) is 6.08 Å². The van der Waals surface area contributed by atoms with Crippen molar-refractivity contribution in [2.24, 2.45) is 0 Å². The normalized spacial score (nSPS) is 19.4. The van der Waals surface area contributed by atoms with Crippen molar-refractivity contribution >= 4 is 6.08 Å². The van der Waals surface area contributed by atoms with E-state index in [1.807, 2.05) is 33.9 Å². The van der Waals surface area contributed by atoms with Crippen LogP contribution in [0.4, 0.5) is 0 Å². The number of aryl methyl sites for hydroxylation is 2. The van der Waals surface area contributed by atoms with Crippen LogP contribution in [0, 0.1) is 13.8 Å². The molecule has 1 fully saturated rings. The zero-order valence-corrected chi connectivity index (χ0v) is 13.7. The highest BCUT2D eigenvalue weighted by atomic mass is 15.2. The van der Waals surface area contributed by atoms with Crippen molar-refractivity contribution in [2.45, 2.75) is 47.6 Å². The molecule has 0 radical (unpaired) electrons. The minimum Gasteiger partial charge on any atom is -0.372 e. The van der Waals surface area contributed by atoms with Crippen LogP contribution in [-0.2, 0) is 0 Å². The fourth-order valence-electron chi connectivity index (χ4n) is 2.29. The summed E-state index contributed by atoms with van der Waals surface area (Å²) in [5.41, 5.74) is 4.21. The molecular weight excluding hydrogens is 248 g/mol. The van der Waals surface area contributed by atoms with Crippen molar-refractivity contribution in [3.8, 4) is 0 Å². The number of aromatic nitrogens is 2. The van der Waals surface area contributed by atoms with E-state index in [0.29, 0.717) is 6.04 Å². The summed E-state index contributed by atoms with van der Waals surface area (Å²) in [6, 6.07) is 0.548. The van der Waals surface area contributed by atoms with E-state index in [1.165, 1.54) is 5.70 Å². The van der Waals surface area contributed by atoms with Gasteiger partial charge in [0, 0.05) is 37.6 Å². The summed E-state index contributed by atoms with van der Waals surface area (Å²) in [7, 11) is 0. The molecule has 4 heteroatoms. The summed E-state index contributed by atoms with van der Waals surface area (Å²) in [5, 5.41) is 3.45. The Labute approximate surface area is 123 Å². The van der Waals surface area contributed by atoms with Gasteiger partial charge < -0.3 is 10.2 Å². The lowest BCUT2D eigenvalue weighted by Gasteiger charge is -2.34. The van der Waals surface area contributed by atoms with Gasteiger partial charge in [-0.3, -0.25) is 9.97 Å². The number of piperazine rings is 1. The molecule has 4 nitrogen and oxygen atoms in total. The molecule has 2 rings (SSSR count). The van der Waals surface area contributed by atoms with E-state index in [9.17, 15) is 0 Å². The summed E-state index contributed by atoms with van der Waals surface area (Å²) in [4.78, 5) is 11.3. The highest BCUT2D eigenvalue weighted by Gasteiger charge is 2.15. The third-order valence-electron chi connectivity index (χ3n) is 3.32. The second-order valence-electron chi connectivity index (χ2n) is 5.07. The van der Waals surface area contributed by atoms with E-state index in [0.717, 1.165) is 36.7 Å². The second kappa shape index (κ2) is 8.00. The van der Waals surface area contributed by atoms with Crippen LogP contribution in [0.1, 0.15) is 44.8 Å². The summed E-state index contributed by atoms with van der Waals surface area (Å²) in [5.74, 6) is 0. The Morgan fingerprint density at radius 3 is 2.70 bits per heavy atom. The largest absolute Gasteiger partial charge is 0.372 e. The van der Waals surface area contributed by atoms with Crippen LogP contribution >= 0.6 is 0 Å². The number of nitrogens with one attached hydrogen (secondary N) is 1. The molecule has 1 saturated heterocycles. The molecule has 1 atom stereocenters. The molecule has 0 saturated carbocycles. The minimum atomic E-state index is 0.548. The lowest BCUT2D eigenvalue weighted by molar-refractivity contribution is 0.258. The van der Waals surface area contributed by atoms with Gasteiger partial charge in [-0.05, 0) is 33.8 Å². The van der Waals surface area contributed by atoms with Crippen molar-refractivity contribution in [2.75, 3.05) is 19.6 Å². The van der Waals surface area contributed by atoms with E-state index >= 15 is 0 Å². The molecule has 1 aromatic heterocycles.